The van der Waals surface area contributed by atoms with Gasteiger partial charge in [0.1, 0.15) is 22.5 Å². The van der Waals surface area contributed by atoms with E-state index in [0.717, 1.165) is 5.69 Å². The van der Waals surface area contributed by atoms with Gasteiger partial charge in [-0.25, -0.2) is 9.78 Å². The number of fused-ring (bicyclic) bond motifs is 2. The standard InChI is InChI=1S/C21H16N2O6/c1-22-11-5-8-13-14(9-11)29-20-17(23-13)16(21(26)27)15(18(24)19(20)25)10-3-6-12(28-2)7-4-10/h3-9,22,25H,1-2H3,(H,26,27). The van der Waals surface area contributed by atoms with E-state index in [1.54, 1.807) is 49.5 Å². The smallest absolute Gasteiger partial charge is 0.338 e. The molecule has 2 aliphatic rings. The first kappa shape index (κ1) is 18.3. The third-order valence-corrected chi connectivity index (χ3v) is 4.64. The Morgan fingerprint density at radius 2 is 1.90 bits per heavy atom. The molecule has 1 heterocycles. The maximum absolute atomic E-state index is 12.9. The van der Waals surface area contributed by atoms with Gasteiger partial charge in [-0.15, -0.1) is 0 Å². The number of nitrogens with zero attached hydrogens (tertiary/aromatic N) is 1. The first-order chi connectivity index (χ1) is 13.9. The molecule has 3 N–H and O–H groups in total. The lowest BCUT2D eigenvalue weighted by molar-refractivity contribution is 0.0698. The summed E-state index contributed by atoms with van der Waals surface area (Å²) in [7, 11) is 3.22. The van der Waals surface area contributed by atoms with Crippen LogP contribution in [0.1, 0.15) is 10.4 Å². The molecule has 29 heavy (non-hydrogen) atoms. The second-order valence-electron chi connectivity index (χ2n) is 6.29. The molecular weight excluding hydrogens is 376 g/mol. The van der Waals surface area contributed by atoms with Crippen molar-refractivity contribution in [2.75, 3.05) is 19.5 Å². The van der Waals surface area contributed by atoms with E-state index in [-0.39, 0.29) is 22.6 Å². The minimum atomic E-state index is -1.35. The van der Waals surface area contributed by atoms with Crippen molar-refractivity contribution in [3.63, 3.8) is 0 Å². The number of phenolic OH excluding ortho intramolecular Hbond substituents is 1. The lowest BCUT2D eigenvalue weighted by Gasteiger charge is -2.15. The molecule has 1 aliphatic carbocycles. The molecule has 4 rings (SSSR count). The lowest BCUT2D eigenvalue weighted by Crippen LogP contribution is -2.16. The summed E-state index contributed by atoms with van der Waals surface area (Å²) in [6, 6.07) is 11.3. The Balaban J connectivity index is 2.11. The number of ether oxygens (including phenoxy) is 1. The molecule has 0 fully saturated rings. The average Bonchev–Trinajstić information content (AvgIpc) is 2.74. The van der Waals surface area contributed by atoms with E-state index in [4.69, 9.17) is 9.15 Å². The monoisotopic (exact) mass is 392 g/mol. The molecule has 0 amide bonds. The van der Waals surface area contributed by atoms with Gasteiger partial charge in [0.25, 0.3) is 0 Å². The number of hydrogen-bond donors (Lipinski definition) is 3. The van der Waals surface area contributed by atoms with Crippen molar-refractivity contribution in [2.24, 2.45) is 0 Å². The molecule has 0 radical (unpaired) electrons. The number of methoxy groups -OCH3 is 1. The van der Waals surface area contributed by atoms with E-state index in [9.17, 15) is 19.8 Å². The van der Waals surface area contributed by atoms with Crippen LogP contribution in [0.25, 0.3) is 33.7 Å². The first-order valence-electron chi connectivity index (χ1n) is 8.63. The SMILES string of the molecule is CNc1ccc2nc3c(C(=O)O)c(-c4ccc(OC)cc4)c(=O)c(O)c-3oc2c1. The highest BCUT2D eigenvalue weighted by Crippen LogP contribution is 2.38. The molecule has 0 bridgehead atoms. The Kier molecular flexibility index (Phi) is 4.31. The second-order valence-corrected chi connectivity index (χ2v) is 6.29. The molecular formula is C21H16N2O6. The number of nitrogens with one attached hydrogen (secondary N) is 1. The van der Waals surface area contributed by atoms with Crippen LogP contribution in [-0.2, 0) is 0 Å². The van der Waals surface area contributed by atoms with Crippen molar-refractivity contribution in [1.82, 2.24) is 4.98 Å². The predicted molar refractivity (Wildman–Crippen MR) is 107 cm³/mol. The number of aromatic hydroxyl groups is 1. The molecule has 0 saturated carbocycles. The fraction of sp³-hybridized carbons (Fsp3) is 0.0952. The van der Waals surface area contributed by atoms with Gasteiger partial charge in [0.2, 0.25) is 11.2 Å². The number of aromatic nitrogens is 1. The largest absolute Gasteiger partial charge is 0.501 e. The molecule has 0 spiro atoms. The molecule has 1 aliphatic heterocycles. The third kappa shape index (κ3) is 2.91. The average molecular weight is 392 g/mol. The van der Waals surface area contributed by atoms with Crippen LogP contribution in [0, 0.1) is 0 Å². The summed E-state index contributed by atoms with van der Waals surface area (Å²) in [5.41, 5.74) is 0.274. The maximum Gasteiger partial charge on any atom is 0.338 e. The molecule has 2 aromatic rings. The predicted octanol–water partition coefficient (Wildman–Crippen LogP) is 3.41. The molecule has 0 unspecified atom stereocenters. The van der Waals surface area contributed by atoms with Gasteiger partial charge < -0.3 is 24.7 Å². The number of benzene rings is 3. The van der Waals surface area contributed by atoms with E-state index in [0.29, 0.717) is 22.4 Å². The summed E-state index contributed by atoms with van der Waals surface area (Å²) in [5, 5.41) is 23.3. The van der Waals surface area contributed by atoms with Crippen molar-refractivity contribution in [3.05, 3.63) is 58.3 Å². The number of carbonyl (C=O) groups is 1. The number of aromatic carboxylic acids is 1. The second kappa shape index (κ2) is 6.83. The van der Waals surface area contributed by atoms with E-state index >= 15 is 0 Å². The van der Waals surface area contributed by atoms with Gasteiger partial charge in [0.15, 0.2) is 11.3 Å². The molecule has 8 heteroatoms. The lowest BCUT2D eigenvalue weighted by atomic mass is 9.94. The fourth-order valence-electron chi connectivity index (χ4n) is 3.20. The zero-order valence-electron chi connectivity index (χ0n) is 15.5. The quantitative estimate of drug-likeness (QED) is 0.452. The minimum Gasteiger partial charge on any atom is -0.501 e. The zero-order chi connectivity index (χ0) is 20.7. The van der Waals surface area contributed by atoms with Crippen molar-refractivity contribution >= 4 is 22.8 Å². The van der Waals surface area contributed by atoms with Gasteiger partial charge in [0, 0.05) is 18.8 Å². The van der Waals surface area contributed by atoms with Crippen LogP contribution in [0.3, 0.4) is 0 Å². The number of anilines is 1. The summed E-state index contributed by atoms with van der Waals surface area (Å²) in [6.07, 6.45) is 0. The third-order valence-electron chi connectivity index (χ3n) is 4.64. The molecule has 146 valence electrons. The first-order valence-corrected chi connectivity index (χ1v) is 8.63. The van der Waals surface area contributed by atoms with Gasteiger partial charge in [-0.05, 0) is 29.8 Å². The van der Waals surface area contributed by atoms with Crippen LogP contribution in [0.2, 0.25) is 0 Å². The number of phenols is 1. The van der Waals surface area contributed by atoms with E-state index in [1.807, 2.05) is 0 Å². The Bertz CT molecular complexity index is 1280. The van der Waals surface area contributed by atoms with Crippen molar-refractivity contribution in [3.8, 4) is 34.1 Å². The van der Waals surface area contributed by atoms with Crippen LogP contribution >= 0.6 is 0 Å². The fourth-order valence-corrected chi connectivity index (χ4v) is 3.20. The van der Waals surface area contributed by atoms with Crippen LogP contribution in [0.15, 0.2) is 51.7 Å². The van der Waals surface area contributed by atoms with Gasteiger partial charge in [-0.2, -0.15) is 0 Å². The summed E-state index contributed by atoms with van der Waals surface area (Å²) in [5.74, 6) is -1.78. The van der Waals surface area contributed by atoms with Crippen LogP contribution in [0.5, 0.6) is 11.5 Å². The van der Waals surface area contributed by atoms with Gasteiger partial charge in [0.05, 0.1) is 12.7 Å². The summed E-state index contributed by atoms with van der Waals surface area (Å²) < 4.78 is 10.8. The molecule has 0 atom stereocenters. The van der Waals surface area contributed by atoms with Gasteiger partial charge >= 0.3 is 5.97 Å². The molecule has 0 saturated heterocycles. The summed E-state index contributed by atoms with van der Waals surface area (Å²) in [4.78, 5) is 29.3. The Morgan fingerprint density at radius 1 is 1.17 bits per heavy atom. The van der Waals surface area contributed by atoms with Crippen molar-refractivity contribution in [2.45, 2.75) is 0 Å². The highest BCUT2D eigenvalue weighted by Gasteiger charge is 2.30. The Hall–Kier alpha value is -4.07. The van der Waals surface area contributed by atoms with Crippen molar-refractivity contribution < 1.29 is 24.2 Å². The van der Waals surface area contributed by atoms with Crippen LogP contribution in [0.4, 0.5) is 5.69 Å². The van der Waals surface area contributed by atoms with Crippen molar-refractivity contribution in [1.29, 1.82) is 0 Å². The number of carboxylic acids is 1. The van der Waals surface area contributed by atoms with Crippen LogP contribution < -0.4 is 15.5 Å². The Labute approximate surface area is 164 Å². The van der Waals surface area contributed by atoms with E-state index in [2.05, 4.69) is 10.3 Å². The topological polar surface area (TPSA) is 122 Å². The maximum atomic E-state index is 12.9. The Morgan fingerprint density at radius 3 is 2.52 bits per heavy atom. The van der Waals surface area contributed by atoms with Gasteiger partial charge in [-0.3, -0.25) is 4.79 Å². The minimum absolute atomic E-state index is 0.106. The van der Waals surface area contributed by atoms with E-state index in [1.165, 1.54) is 7.11 Å². The summed E-state index contributed by atoms with van der Waals surface area (Å²) >= 11 is 0. The zero-order valence-corrected chi connectivity index (χ0v) is 15.5. The summed E-state index contributed by atoms with van der Waals surface area (Å²) in [6.45, 7) is 0. The number of hydrogen-bond acceptors (Lipinski definition) is 7. The normalized spacial score (nSPS) is 11.0. The van der Waals surface area contributed by atoms with E-state index < -0.39 is 17.1 Å². The molecule has 8 nitrogen and oxygen atoms in total. The highest BCUT2D eigenvalue weighted by molar-refractivity contribution is 6.04. The number of carboxylic acid groups (broad SMARTS) is 1. The van der Waals surface area contributed by atoms with Gasteiger partial charge in [-0.1, -0.05) is 12.1 Å². The molecule has 2 aromatic carbocycles. The molecule has 0 aromatic heterocycles. The number of rotatable bonds is 4. The highest BCUT2D eigenvalue weighted by atomic mass is 16.5. The van der Waals surface area contributed by atoms with Crippen LogP contribution in [-0.4, -0.2) is 35.3 Å².